The summed E-state index contributed by atoms with van der Waals surface area (Å²) in [5, 5.41) is 14.5. The number of carbonyl (C=O) groups is 1. The van der Waals surface area contributed by atoms with E-state index in [4.69, 9.17) is 5.26 Å². The van der Waals surface area contributed by atoms with Crippen LogP contribution in [0.3, 0.4) is 0 Å². The minimum atomic E-state index is -4.47. The van der Waals surface area contributed by atoms with Gasteiger partial charge in [0, 0.05) is 11.8 Å². The first kappa shape index (κ1) is 19.8. The number of hydrogen-bond donors (Lipinski definition) is 2. The average Bonchev–Trinajstić information content (AvgIpc) is 2.67. The number of nitriles is 1. The lowest BCUT2D eigenvalue weighted by Crippen LogP contribution is -2.16. The molecule has 29 heavy (non-hydrogen) atoms. The molecule has 0 saturated carbocycles. The van der Waals surface area contributed by atoms with Gasteiger partial charge in [-0.3, -0.25) is 4.79 Å². The van der Waals surface area contributed by atoms with Gasteiger partial charge in [0.1, 0.15) is 23.4 Å². The zero-order valence-corrected chi connectivity index (χ0v) is 15.1. The SMILES string of the molecule is Cc1nc(Nc2cccc(C(F)(F)F)c2)cc(C(=O)Nc2ccccc2C#N)n1. The molecule has 3 aromatic rings. The number of carbonyl (C=O) groups excluding carboxylic acids is 1. The molecule has 0 radical (unpaired) electrons. The Kier molecular flexibility index (Phi) is 5.45. The van der Waals surface area contributed by atoms with Gasteiger partial charge in [-0.15, -0.1) is 0 Å². The van der Waals surface area contributed by atoms with E-state index in [1.54, 1.807) is 31.2 Å². The molecule has 1 amide bonds. The van der Waals surface area contributed by atoms with Crippen molar-refractivity contribution in [3.8, 4) is 6.07 Å². The number of alkyl halides is 3. The molecule has 1 aromatic heterocycles. The third-order valence-corrected chi connectivity index (χ3v) is 3.83. The lowest BCUT2D eigenvalue weighted by Gasteiger charge is -2.12. The summed E-state index contributed by atoms with van der Waals surface area (Å²) in [5.41, 5.74) is -0.0317. The fourth-order valence-electron chi connectivity index (χ4n) is 2.55. The standard InChI is InChI=1S/C20H14F3N5O/c1-12-25-17(19(29)28-16-8-3-2-5-13(16)11-24)10-18(26-12)27-15-7-4-6-14(9-15)20(21,22)23/h2-10H,1H3,(H,28,29)(H,25,26,27). The van der Waals surface area contributed by atoms with Crippen LogP contribution in [0.25, 0.3) is 0 Å². The van der Waals surface area contributed by atoms with E-state index >= 15 is 0 Å². The summed E-state index contributed by atoms with van der Waals surface area (Å²) in [4.78, 5) is 20.7. The highest BCUT2D eigenvalue weighted by Gasteiger charge is 2.30. The summed E-state index contributed by atoms with van der Waals surface area (Å²) >= 11 is 0. The van der Waals surface area contributed by atoms with E-state index in [9.17, 15) is 18.0 Å². The maximum absolute atomic E-state index is 12.9. The maximum atomic E-state index is 12.9. The van der Waals surface area contributed by atoms with Crippen molar-refractivity contribution in [2.24, 2.45) is 0 Å². The van der Waals surface area contributed by atoms with Gasteiger partial charge in [0.25, 0.3) is 5.91 Å². The van der Waals surface area contributed by atoms with Crippen molar-refractivity contribution in [3.05, 3.63) is 77.2 Å². The number of nitrogens with zero attached hydrogens (tertiary/aromatic N) is 3. The number of para-hydroxylation sites is 1. The Balaban J connectivity index is 1.85. The molecule has 0 bridgehead atoms. The molecule has 146 valence electrons. The molecule has 0 saturated heterocycles. The summed E-state index contributed by atoms with van der Waals surface area (Å²) < 4.78 is 38.6. The van der Waals surface area contributed by atoms with E-state index in [2.05, 4.69) is 20.6 Å². The molecule has 0 aliphatic carbocycles. The summed E-state index contributed by atoms with van der Waals surface area (Å²) in [5.74, 6) is -0.165. The maximum Gasteiger partial charge on any atom is 0.416 e. The van der Waals surface area contributed by atoms with Crippen LogP contribution in [0, 0.1) is 18.3 Å². The van der Waals surface area contributed by atoms with Crippen molar-refractivity contribution < 1.29 is 18.0 Å². The first-order valence-corrected chi connectivity index (χ1v) is 8.37. The van der Waals surface area contributed by atoms with Crippen LogP contribution in [-0.4, -0.2) is 15.9 Å². The second-order valence-electron chi connectivity index (χ2n) is 6.00. The number of amides is 1. The molecule has 3 rings (SSSR count). The van der Waals surface area contributed by atoms with Crippen LogP contribution in [0.15, 0.2) is 54.6 Å². The zero-order chi connectivity index (χ0) is 21.0. The number of nitrogens with one attached hydrogen (secondary N) is 2. The lowest BCUT2D eigenvalue weighted by molar-refractivity contribution is -0.137. The van der Waals surface area contributed by atoms with Crippen LogP contribution in [0.5, 0.6) is 0 Å². The second kappa shape index (κ2) is 7.98. The van der Waals surface area contributed by atoms with Gasteiger partial charge in [0.15, 0.2) is 0 Å². The quantitative estimate of drug-likeness (QED) is 0.668. The van der Waals surface area contributed by atoms with Crippen LogP contribution in [0.4, 0.5) is 30.4 Å². The number of anilines is 3. The smallest absolute Gasteiger partial charge is 0.340 e. The van der Waals surface area contributed by atoms with E-state index in [0.717, 1.165) is 12.1 Å². The highest BCUT2D eigenvalue weighted by Crippen LogP contribution is 2.31. The number of aryl methyl sites for hydroxylation is 1. The molecule has 2 N–H and O–H groups in total. The molecule has 6 nitrogen and oxygen atoms in total. The van der Waals surface area contributed by atoms with E-state index < -0.39 is 17.6 Å². The monoisotopic (exact) mass is 397 g/mol. The Morgan fingerprint density at radius 1 is 1.07 bits per heavy atom. The highest BCUT2D eigenvalue weighted by atomic mass is 19.4. The van der Waals surface area contributed by atoms with Gasteiger partial charge in [0.2, 0.25) is 0 Å². The predicted octanol–water partition coefficient (Wildman–Crippen LogP) is 4.67. The zero-order valence-electron chi connectivity index (χ0n) is 15.1. The lowest BCUT2D eigenvalue weighted by atomic mass is 10.2. The van der Waals surface area contributed by atoms with Crippen LogP contribution >= 0.6 is 0 Å². The normalized spacial score (nSPS) is 10.9. The average molecular weight is 397 g/mol. The van der Waals surface area contributed by atoms with Gasteiger partial charge in [-0.2, -0.15) is 18.4 Å². The van der Waals surface area contributed by atoms with Crippen LogP contribution in [0.1, 0.15) is 27.4 Å². The molecule has 2 aromatic carbocycles. The molecule has 0 aliphatic heterocycles. The number of benzene rings is 2. The molecule has 9 heteroatoms. The molecule has 0 unspecified atom stereocenters. The summed E-state index contributed by atoms with van der Waals surface area (Å²) in [6, 6.07) is 14.4. The molecule has 0 aliphatic rings. The molecule has 0 atom stereocenters. The third kappa shape index (κ3) is 4.87. The van der Waals surface area contributed by atoms with Gasteiger partial charge in [-0.05, 0) is 37.3 Å². The van der Waals surface area contributed by atoms with Gasteiger partial charge in [-0.1, -0.05) is 18.2 Å². The first-order chi connectivity index (χ1) is 13.8. The van der Waals surface area contributed by atoms with Gasteiger partial charge < -0.3 is 10.6 Å². The van der Waals surface area contributed by atoms with E-state index in [-0.39, 0.29) is 28.6 Å². The molecular formula is C20H14F3N5O. The van der Waals surface area contributed by atoms with Crippen molar-refractivity contribution in [2.75, 3.05) is 10.6 Å². The second-order valence-corrected chi connectivity index (χ2v) is 6.00. The first-order valence-electron chi connectivity index (χ1n) is 8.37. The minimum absolute atomic E-state index is 0.000260. The van der Waals surface area contributed by atoms with Crippen molar-refractivity contribution >= 4 is 23.1 Å². The molecule has 1 heterocycles. The number of hydrogen-bond acceptors (Lipinski definition) is 5. The number of halogens is 3. The van der Waals surface area contributed by atoms with Crippen LogP contribution in [-0.2, 0) is 6.18 Å². The molecule has 0 spiro atoms. The summed E-state index contributed by atoms with van der Waals surface area (Å²) in [7, 11) is 0. The fourth-order valence-corrected chi connectivity index (χ4v) is 2.55. The molecular weight excluding hydrogens is 383 g/mol. The van der Waals surface area contributed by atoms with Crippen molar-refractivity contribution in [3.63, 3.8) is 0 Å². The minimum Gasteiger partial charge on any atom is -0.340 e. The summed E-state index contributed by atoms with van der Waals surface area (Å²) in [6.45, 7) is 1.55. The Labute approximate surface area is 164 Å². The van der Waals surface area contributed by atoms with Gasteiger partial charge >= 0.3 is 6.18 Å². The topological polar surface area (TPSA) is 90.7 Å². The Bertz CT molecular complexity index is 1110. The van der Waals surface area contributed by atoms with E-state index in [1.165, 1.54) is 18.2 Å². The van der Waals surface area contributed by atoms with E-state index in [0.29, 0.717) is 5.69 Å². The van der Waals surface area contributed by atoms with Crippen molar-refractivity contribution in [1.29, 1.82) is 5.26 Å². The van der Waals surface area contributed by atoms with Crippen LogP contribution < -0.4 is 10.6 Å². The Hall–Kier alpha value is -3.93. The van der Waals surface area contributed by atoms with Gasteiger partial charge in [0.05, 0.1) is 16.8 Å². The van der Waals surface area contributed by atoms with Crippen LogP contribution in [0.2, 0.25) is 0 Å². The van der Waals surface area contributed by atoms with Crippen molar-refractivity contribution in [1.82, 2.24) is 9.97 Å². The van der Waals surface area contributed by atoms with E-state index in [1.807, 2.05) is 6.07 Å². The number of aromatic nitrogens is 2. The third-order valence-electron chi connectivity index (χ3n) is 3.83. The Morgan fingerprint density at radius 2 is 1.83 bits per heavy atom. The highest BCUT2D eigenvalue weighted by molar-refractivity contribution is 6.04. The van der Waals surface area contributed by atoms with Crippen molar-refractivity contribution in [2.45, 2.75) is 13.1 Å². The largest absolute Gasteiger partial charge is 0.416 e. The predicted molar refractivity (Wildman–Crippen MR) is 101 cm³/mol. The summed E-state index contributed by atoms with van der Waals surface area (Å²) in [6.07, 6.45) is -4.47. The number of rotatable bonds is 4. The van der Waals surface area contributed by atoms with Gasteiger partial charge in [-0.25, -0.2) is 9.97 Å². The Morgan fingerprint density at radius 3 is 2.55 bits per heavy atom. The molecule has 0 fully saturated rings. The fraction of sp³-hybridized carbons (Fsp3) is 0.100.